The van der Waals surface area contributed by atoms with Gasteiger partial charge >= 0.3 is 0 Å². The molecule has 0 unspecified atom stereocenters. The first-order valence-corrected chi connectivity index (χ1v) is 11.1. The molecule has 0 aromatic carbocycles. The molecule has 30 heavy (non-hydrogen) atoms. The number of aromatic nitrogens is 3. The number of methoxy groups -OCH3 is 2. The summed E-state index contributed by atoms with van der Waals surface area (Å²) in [7, 11) is 3.56. The Labute approximate surface area is 178 Å². The second-order valence-corrected chi connectivity index (χ2v) is 9.51. The standard InChI is InChI=1S/C23H33N5O2/c1-16-10-18(11-25-20(16)24)19-12-28(21(26-19)17-4-5-17)23-13-22(14-23,15-23)27(6-8-29-2)7-9-30-3/h10-12,17H,4-9,13-15H2,1-3H3,(H2,24,25). The molecule has 2 bridgehead atoms. The molecule has 4 fully saturated rings. The molecule has 4 aliphatic carbocycles. The molecular formula is C23H33N5O2. The Morgan fingerprint density at radius 2 is 1.83 bits per heavy atom. The molecule has 0 aliphatic heterocycles. The lowest BCUT2D eigenvalue weighted by Gasteiger charge is -2.74. The Bertz CT molecular complexity index is 908. The van der Waals surface area contributed by atoms with Crippen molar-refractivity contribution in [3.05, 3.63) is 29.8 Å². The number of ether oxygens (including phenoxy) is 2. The summed E-state index contributed by atoms with van der Waals surface area (Å²) in [5.74, 6) is 2.48. The van der Waals surface area contributed by atoms with Crippen molar-refractivity contribution in [1.82, 2.24) is 19.4 Å². The topological polar surface area (TPSA) is 78.4 Å². The zero-order chi connectivity index (χ0) is 20.9. The highest BCUT2D eigenvalue weighted by Gasteiger charge is 2.71. The minimum absolute atomic E-state index is 0.234. The zero-order valence-electron chi connectivity index (χ0n) is 18.4. The normalized spacial score (nSPS) is 27.2. The van der Waals surface area contributed by atoms with Crippen molar-refractivity contribution in [3.63, 3.8) is 0 Å². The van der Waals surface area contributed by atoms with Gasteiger partial charge in [-0.1, -0.05) is 0 Å². The van der Waals surface area contributed by atoms with E-state index in [0.717, 1.165) is 43.1 Å². The van der Waals surface area contributed by atoms with Gasteiger partial charge in [0.25, 0.3) is 0 Å². The maximum absolute atomic E-state index is 5.92. The Hall–Kier alpha value is -1.96. The highest BCUT2D eigenvalue weighted by Crippen LogP contribution is 2.68. The van der Waals surface area contributed by atoms with E-state index in [0.29, 0.717) is 17.3 Å². The molecule has 2 aromatic rings. The molecule has 2 N–H and O–H groups in total. The van der Waals surface area contributed by atoms with Gasteiger partial charge in [0.05, 0.1) is 24.4 Å². The summed E-state index contributed by atoms with van der Waals surface area (Å²) in [6, 6.07) is 2.10. The summed E-state index contributed by atoms with van der Waals surface area (Å²) in [6.07, 6.45) is 10.2. The van der Waals surface area contributed by atoms with Gasteiger partial charge in [-0.3, -0.25) is 4.90 Å². The number of rotatable bonds is 10. The lowest BCUT2D eigenvalue weighted by molar-refractivity contribution is -0.211. The van der Waals surface area contributed by atoms with Crippen LogP contribution in [0.1, 0.15) is 49.4 Å². The van der Waals surface area contributed by atoms with Crippen LogP contribution in [0, 0.1) is 6.92 Å². The van der Waals surface area contributed by atoms with Crippen LogP contribution in [0.15, 0.2) is 18.5 Å². The maximum atomic E-state index is 5.92. The number of hydrogen-bond donors (Lipinski definition) is 1. The average Bonchev–Trinajstić information content (AvgIpc) is 3.43. The van der Waals surface area contributed by atoms with Gasteiger partial charge in [-0.2, -0.15) is 0 Å². The van der Waals surface area contributed by atoms with E-state index in [1.54, 1.807) is 14.2 Å². The highest BCUT2D eigenvalue weighted by molar-refractivity contribution is 5.61. The lowest BCUT2D eigenvalue weighted by Crippen LogP contribution is -2.79. The summed E-state index contributed by atoms with van der Waals surface area (Å²) in [5.41, 5.74) is 9.56. The molecule has 2 heterocycles. The Balaban J connectivity index is 1.38. The average molecular weight is 412 g/mol. The summed E-state index contributed by atoms with van der Waals surface area (Å²) in [5, 5.41) is 0. The smallest absolute Gasteiger partial charge is 0.126 e. The number of imidazole rings is 1. The quantitative estimate of drug-likeness (QED) is 0.648. The molecule has 0 amide bonds. The largest absolute Gasteiger partial charge is 0.383 e. The second kappa shape index (κ2) is 7.32. The van der Waals surface area contributed by atoms with Crippen molar-refractivity contribution < 1.29 is 9.47 Å². The van der Waals surface area contributed by atoms with E-state index in [4.69, 9.17) is 20.2 Å². The molecule has 7 heteroatoms. The minimum Gasteiger partial charge on any atom is -0.383 e. The molecule has 0 spiro atoms. The molecule has 6 rings (SSSR count). The Morgan fingerprint density at radius 1 is 1.17 bits per heavy atom. The third kappa shape index (κ3) is 3.15. The maximum Gasteiger partial charge on any atom is 0.126 e. The van der Waals surface area contributed by atoms with Gasteiger partial charge in [0.15, 0.2) is 0 Å². The summed E-state index contributed by atoms with van der Waals surface area (Å²) in [4.78, 5) is 12.0. The van der Waals surface area contributed by atoms with Gasteiger partial charge < -0.3 is 19.8 Å². The van der Waals surface area contributed by atoms with E-state index in [1.165, 1.54) is 37.9 Å². The van der Waals surface area contributed by atoms with E-state index in [1.807, 2.05) is 13.1 Å². The van der Waals surface area contributed by atoms with E-state index < -0.39 is 0 Å². The van der Waals surface area contributed by atoms with Gasteiger partial charge in [0.2, 0.25) is 0 Å². The molecule has 7 nitrogen and oxygen atoms in total. The molecule has 0 atom stereocenters. The third-order valence-electron chi connectivity index (χ3n) is 7.38. The highest BCUT2D eigenvalue weighted by atomic mass is 16.5. The van der Waals surface area contributed by atoms with Crippen LogP contribution in [0.2, 0.25) is 0 Å². The Morgan fingerprint density at radius 3 is 2.40 bits per heavy atom. The van der Waals surface area contributed by atoms with Crippen molar-refractivity contribution in [3.8, 4) is 11.3 Å². The van der Waals surface area contributed by atoms with Gasteiger partial charge in [-0.05, 0) is 50.7 Å². The number of hydrogen-bond acceptors (Lipinski definition) is 6. The van der Waals surface area contributed by atoms with Gasteiger partial charge in [0.1, 0.15) is 11.6 Å². The predicted octanol–water partition coefficient (Wildman–Crippen LogP) is 2.94. The van der Waals surface area contributed by atoms with Gasteiger partial charge in [0, 0.05) is 56.7 Å². The van der Waals surface area contributed by atoms with E-state index in [-0.39, 0.29) is 5.54 Å². The SMILES string of the molecule is COCCN(CCOC)C12CC(n3cc(-c4cnc(N)c(C)c4)nc3C3CC3)(C1)C2. The zero-order valence-corrected chi connectivity index (χ0v) is 18.4. The monoisotopic (exact) mass is 411 g/mol. The van der Waals surface area contributed by atoms with Crippen LogP contribution < -0.4 is 5.73 Å². The van der Waals surface area contributed by atoms with Crippen LogP contribution in [0.4, 0.5) is 5.82 Å². The van der Waals surface area contributed by atoms with Crippen molar-refractivity contribution >= 4 is 5.82 Å². The molecule has 0 saturated heterocycles. The number of aryl methyl sites for hydroxylation is 1. The summed E-state index contributed by atoms with van der Waals surface area (Å²) >= 11 is 0. The lowest BCUT2D eigenvalue weighted by atomic mass is 9.43. The predicted molar refractivity (Wildman–Crippen MR) is 116 cm³/mol. The number of nitrogens with zero attached hydrogens (tertiary/aromatic N) is 4. The molecular weight excluding hydrogens is 378 g/mol. The first-order chi connectivity index (χ1) is 14.5. The second-order valence-electron chi connectivity index (χ2n) is 9.51. The third-order valence-corrected chi connectivity index (χ3v) is 7.38. The fraction of sp³-hybridized carbons (Fsp3) is 0.652. The fourth-order valence-electron chi connectivity index (χ4n) is 5.53. The van der Waals surface area contributed by atoms with Crippen molar-refractivity contribution in [2.75, 3.05) is 46.3 Å². The van der Waals surface area contributed by atoms with Crippen LogP contribution in [0.25, 0.3) is 11.3 Å². The molecule has 4 aliphatic rings. The van der Waals surface area contributed by atoms with Crippen molar-refractivity contribution in [1.29, 1.82) is 0 Å². The van der Waals surface area contributed by atoms with Crippen LogP contribution in [0.3, 0.4) is 0 Å². The summed E-state index contributed by atoms with van der Waals surface area (Å²) in [6.45, 7) is 5.48. The van der Waals surface area contributed by atoms with Crippen molar-refractivity contribution in [2.24, 2.45) is 0 Å². The van der Waals surface area contributed by atoms with Crippen LogP contribution >= 0.6 is 0 Å². The number of nitrogen functional groups attached to an aromatic ring is 1. The van der Waals surface area contributed by atoms with Crippen molar-refractivity contribution in [2.45, 2.75) is 56.0 Å². The van der Waals surface area contributed by atoms with Gasteiger partial charge in [-0.25, -0.2) is 9.97 Å². The van der Waals surface area contributed by atoms with E-state index in [9.17, 15) is 0 Å². The van der Waals surface area contributed by atoms with Crippen LogP contribution in [-0.4, -0.2) is 65.5 Å². The van der Waals surface area contributed by atoms with Crippen LogP contribution in [-0.2, 0) is 15.0 Å². The first kappa shape index (κ1) is 20.0. The Kier molecular flexibility index (Phi) is 4.87. The van der Waals surface area contributed by atoms with Gasteiger partial charge in [-0.15, -0.1) is 0 Å². The number of pyridine rings is 1. The molecule has 162 valence electrons. The number of anilines is 1. The fourth-order valence-corrected chi connectivity index (χ4v) is 5.53. The van der Waals surface area contributed by atoms with E-state index in [2.05, 4.69) is 26.7 Å². The molecule has 0 radical (unpaired) electrons. The number of nitrogens with two attached hydrogens (primary N) is 1. The molecule has 4 saturated carbocycles. The summed E-state index contributed by atoms with van der Waals surface area (Å²) < 4.78 is 13.2. The van der Waals surface area contributed by atoms with Crippen LogP contribution in [0.5, 0.6) is 0 Å². The molecule has 2 aromatic heterocycles. The first-order valence-electron chi connectivity index (χ1n) is 11.1. The van der Waals surface area contributed by atoms with E-state index >= 15 is 0 Å². The minimum atomic E-state index is 0.234.